The van der Waals surface area contributed by atoms with Crippen LogP contribution < -0.4 is 14.4 Å². The number of rotatable bonds is 5. The van der Waals surface area contributed by atoms with Crippen molar-refractivity contribution in [2.24, 2.45) is 0 Å². The van der Waals surface area contributed by atoms with Gasteiger partial charge in [0.25, 0.3) is 5.69 Å². The summed E-state index contributed by atoms with van der Waals surface area (Å²) in [5.41, 5.74) is 0.728. The third kappa shape index (κ3) is 3.17. The molecule has 1 aliphatic heterocycles. The monoisotopic (exact) mass is 283 g/mol. The maximum absolute atomic E-state index is 11.2. The topological polar surface area (TPSA) is 75.3 Å². The molecular weight excluding hydrogens is 264 g/mol. The van der Waals surface area contributed by atoms with E-state index in [0.717, 1.165) is 13.1 Å². The lowest BCUT2D eigenvalue weighted by Gasteiger charge is -2.23. The fourth-order valence-corrected chi connectivity index (χ4v) is 2.33. The van der Waals surface area contributed by atoms with E-state index in [0.29, 0.717) is 36.8 Å². The number of methoxy groups -OCH3 is 2. The van der Waals surface area contributed by atoms with Gasteiger partial charge in [-0.15, -0.1) is 0 Å². The number of nitrogens with one attached hydrogen (secondary N) is 1. The summed E-state index contributed by atoms with van der Waals surface area (Å²) < 4.78 is 15.6. The highest BCUT2D eigenvalue weighted by Gasteiger charge is 2.24. The Kier molecular flexibility index (Phi) is 4.75. The van der Waals surface area contributed by atoms with Gasteiger partial charge in [0.15, 0.2) is 11.5 Å². The number of morpholine rings is 1. The van der Waals surface area contributed by atoms with E-state index in [2.05, 4.69) is 0 Å². The van der Waals surface area contributed by atoms with Gasteiger partial charge in [0, 0.05) is 0 Å². The van der Waals surface area contributed by atoms with Gasteiger partial charge in [0.1, 0.15) is 19.6 Å². The van der Waals surface area contributed by atoms with Crippen molar-refractivity contribution in [2.45, 2.75) is 6.54 Å². The van der Waals surface area contributed by atoms with E-state index in [4.69, 9.17) is 14.2 Å². The number of ether oxygens (including phenoxy) is 3. The zero-order chi connectivity index (χ0) is 14.5. The molecule has 7 heteroatoms. The fraction of sp³-hybridized carbons (Fsp3) is 0.538. The Labute approximate surface area is 117 Å². The minimum absolute atomic E-state index is 0.0710. The summed E-state index contributed by atoms with van der Waals surface area (Å²) in [6.07, 6.45) is 0. The molecule has 1 aliphatic rings. The molecule has 110 valence electrons. The largest absolute Gasteiger partial charge is 0.493 e. The molecule has 0 bridgehead atoms. The molecule has 0 saturated carbocycles. The van der Waals surface area contributed by atoms with E-state index < -0.39 is 0 Å². The van der Waals surface area contributed by atoms with Gasteiger partial charge in [-0.25, -0.2) is 0 Å². The molecule has 1 aromatic carbocycles. The molecule has 0 unspecified atom stereocenters. The number of nitro groups is 1. The normalized spacial score (nSPS) is 15.9. The molecule has 0 aliphatic carbocycles. The highest BCUT2D eigenvalue weighted by atomic mass is 16.6. The summed E-state index contributed by atoms with van der Waals surface area (Å²) in [7, 11) is 2.99. The van der Waals surface area contributed by atoms with E-state index in [1.807, 2.05) is 0 Å². The Morgan fingerprint density at radius 1 is 1.25 bits per heavy atom. The van der Waals surface area contributed by atoms with Crippen LogP contribution in [0.3, 0.4) is 0 Å². The molecule has 1 heterocycles. The molecule has 0 amide bonds. The number of benzene rings is 1. The molecule has 0 atom stereocenters. The molecule has 1 N–H and O–H groups in total. The second-order valence-corrected chi connectivity index (χ2v) is 4.63. The van der Waals surface area contributed by atoms with Crippen LogP contribution in [0.4, 0.5) is 5.69 Å². The van der Waals surface area contributed by atoms with Gasteiger partial charge in [-0.2, -0.15) is 0 Å². The zero-order valence-corrected chi connectivity index (χ0v) is 11.7. The molecule has 2 rings (SSSR count). The molecule has 1 aromatic rings. The first-order chi connectivity index (χ1) is 9.65. The van der Waals surface area contributed by atoms with E-state index in [-0.39, 0.29) is 10.6 Å². The van der Waals surface area contributed by atoms with Crippen molar-refractivity contribution >= 4 is 5.69 Å². The lowest BCUT2D eigenvalue weighted by molar-refractivity contribution is -0.921. The van der Waals surface area contributed by atoms with E-state index >= 15 is 0 Å². The van der Waals surface area contributed by atoms with E-state index in [9.17, 15) is 10.1 Å². The molecule has 1 fully saturated rings. The number of hydrogen-bond donors (Lipinski definition) is 1. The van der Waals surface area contributed by atoms with Crippen molar-refractivity contribution in [3.05, 3.63) is 27.8 Å². The Bertz CT molecular complexity index is 486. The molecule has 0 radical (unpaired) electrons. The van der Waals surface area contributed by atoms with Crippen LogP contribution in [0.15, 0.2) is 12.1 Å². The van der Waals surface area contributed by atoms with E-state index in [1.165, 1.54) is 25.2 Å². The van der Waals surface area contributed by atoms with Crippen LogP contribution in [0.2, 0.25) is 0 Å². The van der Waals surface area contributed by atoms with Gasteiger partial charge in [-0.05, 0) is 6.07 Å². The highest BCUT2D eigenvalue weighted by molar-refractivity contribution is 5.54. The maximum Gasteiger partial charge on any atom is 0.282 e. The summed E-state index contributed by atoms with van der Waals surface area (Å²) in [5.74, 6) is 0.890. The Balaban J connectivity index is 2.30. The van der Waals surface area contributed by atoms with Crippen molar-refractivity contribution in [3.8, 4) is 11.5 Å². The lowest BCUT2D eigenvalue weighted by atomic mass is 10.1. The van der Waals surface area contributed by atoms with Crippen LogP contribution in [0.5, 0.6) is 11.5 Å². The Hall–Kier alpha value is -1.86. The first-order valence-corrected chi connectivity index (χ1v) is 6.46. The second-order valence-electron chi connectivity index (χ2n) is 4.63. The average Bonchev–Trinajstić information content (AvgIpc) is 2.47. The van der Waals surface area contributed by atoms with Crippen molar-refractivity contribution in [1.82, 2.24) is 0 Å². The van der Waals surface area contributed by atoms with Gasteiger partial charge in [-0.3, -0.25) is 10.1 Å². The number of nitrogens with zero attached hydrogens (tertiary/aromatic N) is 1. The van der Waals surface area contributed by atoms with Crippen LogP contribution >= 0.6 is 0 Å². The third-order valence-electron chi connectivity index (χ3n) is 3.42. The van der Waals surface area contributed by atoms with E-state index in [1.54, 1.807) is 6.07 Å². The van der Waals surface area contributed by atoms with Crippen LogP contribution in [-0.4, -0.2) is 45.4 Å². The number of quaternary nitrogens is 1. The SMILES string of the molecule is COc1cc(C[NH+]2CCOCC2)c([N+](=O)[O-])cc1OC. The zero-order valence-electron chi connectivity index (χ0n) is 11.7. The minimum atomic E-state index is -0.378. The molecular formula is C13H19N2O5+. The Morgan fingerprint density at radius 3 is 2.40 bits per heavy atom. The van der Waals surface area contributed by atoms with Gasteiger partial charge in [0.05, 0.1) is 44.0 Å². The van der Waals surface area contributed by atoms with Crippen molar-refractivity contribution in [1.29, 1.82) is 0 Å². The molecule has 20 heavy (non-hydrogen) atoms. The smallest absolute Gasteiger partial charge is 0.282 e. The van der Waals surface area contributed by atoms with Gasteiger partial charge in [-0.1, -0.05) is 0 Å². The average molecular weight is 283 g/mol. The molecule has 7 nitrogen and oxygen atoms in total. The number of nitro benzene ring substituents is 1. The van der Waals surface area contributed by atoms with Crippen LogP contribution in [0, 0.1) is 10.1 Å². The molecule has 0 spiro atoms. The highest BCUT2D eigenvalue weighted by Crippen LogP contribution is 2.34. The summed E-state index contributed by atoms with van der Waals surface area (Å²) in [6, 6.07) is 3.12. The standard InChI is InChI=1S/C13H18N2O5/c1-18-12-7-10(9-14-3-5-20-6-4-14)11(15(16)17)8-13(12)19-2/h7-8H,3-6,9H2,1-2H3/p+1. The molecule has 1 saturated heterocycles. The summed E-state index contributed by atoms with van der Waals surface area (Å²) in [6.45, 7) is 3.67. The maximum atomic E-state index is 11.2. The van der Waals surface area contributed by atoms with Crippen molar-refractivity contribution in [3.63, 3.8) is 0 Å². The summed E-state index contributed by atoms with van der Waals surface area (Å²) >= 11 is 0. The second kappa shape index (κ2) is 6.53. The predicted molar refractivity (Wildman–Crippen MR) is 71.4 cm³/mol. The first kappa shape index (κ1) is 14.5. The summed E-state index contributed by atoms with van der Waals surface area (Å²) in [4.78, 5) is 12.1. The number of hydrogen-bond acceptors (Lipinski definition) is 5. The summed E-state index contributed by atoms with van der Waals surface area (Å²) in [5, 5.41) is 11.2. The van der Waals surface area contributed by atoms with Gasteiger partial charge >= 0.3 is 0 Å². The van der Waals surface area contributed by atoms with Crippen LogP contribution in [0.25, 0.3) is 0 Å². The third-order valence-corrected chi connectivity index (χ3v) is 3.42. The fourth-order valence-electron chi connectivity index (χ4n) is 2.33. The van der Waals surface area contributed by atoms with Gasteiger partial charge in [0.2, 0.25) is 0 Å². The van der Waals surface area contributed by atoms with Crippen LogP contribution in [0.1, 0.15) is 5.56 Å². The van der Waals surface area contributed by atoms with Crippen LogP contribution in [-0.2, 0) is 11.3 Å². The lowest BCUT2D eigenvalue weighted by Crippen LogP contribution is -3.12. The van der Waals surface area contributed by atoms with Crippen molar-refractivity contribution < 1.29 is 24.0 Å². The Morgan fingerprint density at radius 2 is 1.85 bits per heavy atom. The van der Waals surface area contributed by atoms with Gasteiger partial charge < -0.3 is 19.1 Å². The first-order valence-electron chi connectivity index (χ1n) is 6.46. The predicted octanol–water partition coefficient (Wildman–Crippen LogP) is 0.0271. The minimum Gasteiger partial charge on any atom is -0.493 e. The van der Waals surface area contributed by atoms with Crippen molar-refractivity contribution in [2.75, 3.05) is 40.5 Å². The molecule has 0 aromatic heterocycles. The quantitative estimate of drug-likeness (QED) is 0.609.